The molecule has 0 saturated heterocycles. The molecule has 0 aliphatic carbocycles. The minimum Gasteiger partial charge on any atom is -0.481 e. The van der Waals surface area contributed by atoms with Crippen LogP contribution in [0.4, 0.5) is 4.39 Å². The van der Waals surface area contributed by atoms with Crippen molar-refractivity contribution in [2.75, 3.05) is 7.11 Å². The third kappa shape index (κ3) is 1.97. The number of hydrogen-bond donors (Lipinski definition) is 1. The maximum Gasteiger partial charge on any atom is 0.221 e. The van der Waals surface area contributed by atoms with Crippen LogP contribution in [0.3, 0.4) is 0 Å². The van der Waals surface area contributed by atoms with Gasteiger partial charge in [0.2, 0.25) is 5.88 Å². The normalized spacial score (nSPS) is 10.7. The highest BCUT2D eigenvalue weighted by Crippen LogP contribution is 2.27. The molecule has 18 heavy (non-hydrogen) atoms. The van der Waals surface area contributed by atoms with Crippen molar-refractivity contribution < 1.29 is 9.13 Å². The molecule has 0 amide bonds. The summed E-state index contributed by atoms with van der Waals surface area (Å²) in [5, 5.41) is 4.37. The van der Waals surface area contributed by atoms with Crippen LogP contribution in [0.2, 0.25) is 0 Å². The van der Waals surface area contributed by atoms with Gasteiger partial charge >= 0.3 is 0 Å². The third-order valence-corrected chi connectivity index (χ3v) is 2.83. The molecule has 2 rings (SSSR count). The Morgan fingerprint density at radius 1 is 1.39 bits per heavy atom. The van der Waals surface area contributed by atoms with E-state index in [1.165, 1.54) is 17.9 Å². The number of methoxy groups -OCH3 is 1. The second-order valence-electron chi connectivity index (χ2n) is 3.86. The lowest BCUT2D eigenvalue weighted by Crippen LogP contribution is -2.04. The zero-order chi connectivity index (χ0) is 13.1. The van der Waals surface area contributed by atoms with Gasteiger partial charge in [0, 0.05) is 6.54 Å². The fourth-order valence-corrected chi connectivity index (χ4v) is 1.96. The molecule has 0 bridgehead atoms. The van der Waals surface area contributed by atoms with Gasteiger partial charge in [-0.2, -0.15) is 9.78 Å². The van der Waals surface area contributed by atoms with Gasteiger partial charge in [0.05, 0.1) is 18.4 Å². The zero-order valence-electron chi connectivity index (χ0n) is 10.5. The van der Waals surface area contributed by atoms with Crippen LogP contribution in [-0.4, -0.2) is 16.9 Å². The minimum atomic E-state index is -0.343. The maximum atomic E-state index is 13.8. The van der Waals surface area contributed by atoms with Gasteiger partial charge in [0.25, 0.3) is 0 Å². The molecule has 0 saturated carbocycles. The number of para-hydroxylation sites is 1. The van der Waals surface area contributed by atoms with E-state index in [1.54, 1.807) is 18.2 Å². The molecule has 2 aromatic rings. The third-order valence-electron chi connectivity index (χ3n) is 2.83. The Kier molecular flexibility index (Phi) is 3.62. The van der Waals surface area contributed by atoms with Gasteiger partial charge in [-0.15, -0.1) is 0 Å². The molecule has 0 aliphatic rings. The van der Waals surface area contributed by atoms with Crippen LogP contribution in [0.15, 0.2) is 24.3 Å². The molecule has 0 spiro atoms. The van der Waals surface area contributed by atoms with Crippen molar-refractivity contribution in [3.8, 4) is 11.6 Å². The smallest absolute Gasteiger partial charge is 0.221 e. The Morgan fingerprint density at radius 2 is 2.11 bits per heavy atom. The van der Waals surface area contributed by atoms with Gasteiger partial charge < -0.3 is 10.5 Å². The first-order valence-corrected chi connectivity index (χ1v) is 5.82. The Bertz CT molecular complexity index is 551. The number of nitrogens with zero attached hydrogens (tertiary/aromatic N) is 2. The molecule has 1 heterocycles. The molecule has 0 radical (unpaired) electrons. The summed E-state index contributed by atoms with van der Waals surface area (Å²) in [6, 6.07) is 6.45. The lowest BCUT2D eigenvalue weighted by atomic mass is 10.2. The lowest BCUT2D eigenvalue weighted by Gasteiger charge is -2.07. The van der Waals surface area contributed by atoms with Gasteiger partial charge in [-0.3, -0.25) is 0 Å². The first-order chi connectivity index (χ1) is 8.72. The molecular formula is C13H16FN3O. The van der Waals surface area contributed by atoms with Crippen molar-refractivity contribution in [2.24, 2.45) is 5.73 Å². The predicted molar refractivity (Wildman–Crippen MR) is 67.3 cm³/mol. The molecule has 1 aromatic carbocycles. The Hall–Kier alpha value is -1.88. The Morgan fingerprint density at radius 3 is 2.67 bits per heavy atom. The summed E-state index contributed by atoms with van der Waals surface area (Å²) in [5.41, 5.74) is 7.72. The van der Waals surface area contributed by atoms with Crippen LogP contribution < -0.4 is 10.5 Å². The van der Waals surface area contributed by atoms with Gasteiger partial charge in [-0.05, 0) is 18.6 Å². The van der Waals surface area contributed by atoms with Crippen LogP contribution >= 0.6 is 0 Å². The molecule has 4 nitrogen and oxygen atoms in total. The standard InChI is InChI=1S/C13H16FN3O/c1-3-11-9(8-15)13(18-2)17(16-11)12-7-5-4-6-10(12)14/h4-7H,3,8,15H2,1-2H3. The number of nitrogens with two attached hydrogens (primary N) is 1. The van der Waals surface area contributed by atoms with Gasteiger partial charge in [-0.25, -0.2) is 4.39 Å². The van der Waals surface area contributed by atoms with E-state index in [9.17, 15) is 4.39 Å². The average Bonchev–Trinajstić information content (AvgIpc) is 2.76. The molecule has 2 N–H and O–H groups in total. The highest BCUT2D eigenvalue weighted by atomic mass is 19.1. The van der Waals surface area contributed by atoms with Crippen molar-refractivity contribution >= 4 is 0 Å². The number of hydrogen-bond acceptors (Lipinski definition) is 3. The predicted octanol–water partition coefficient (Wildman–Crippen LogP) is 2.04. The highest BCUT2D eigenvalue weighted by molar-refractivity contribution is 5.42. The van der Waals surface area contributed by atoms with E-state index in [-0.39, 0.29) is 5.82 Å². The lowest BCUT2D eigenvalue weighted by molar-refractivity contribution is 0.377. The Labute approximate surface area is 105 Å². The maximum absolute atomic E-state index is 13.8. The van der Waals surface area contributed by atoms with Crippen LogP contribution in [0.1, 0.15) is 18.2 Å². The molecule has 0 atom stereocenters. The van der Waals surface area contributed by atoms with E-state index in [0.29, 0.717) is 18.1 Å². The zero-order valence-corrected chi connectivity index (χ0v) is 10.5. The average molecular weight is 249 g/mol. The summed E-state index contributed by atoms with van der Waals surface area (Å²) < 4.78 is 20.6. The van der Waals surface area contributed by atoms with E-state index < -0.39 is 0 Å². The first-order valence-electron chi connectivity index (χ1n) is 5.82. The second kappa shape index (κ2) is 5.18. The van der Waals surface area contributed by atoms with E-state index >= 15 is 0 Å². The second-order valence-corrected chi connectivity index (χ2v) is 3.86. The van der Waals surface area contributed by atoms with Crippen molar-refractivity contribution in [2.45, 2.75) is 19.9 Å². The number of rotatable bonds is 4. The summed E-state index contributed by atoms with van der Waals surface area (Å²) in [6.45, 7) is 2.30. The fourth-order valence-electron chi connectivity index (χ4n) is 1.96. The first kappa shape index (κ1) is 12.6. The Balaban J connectivity index is 2.64. The van der Waals surface area contributed by atoms with Crippen molar-refractivity contribution in [1.29, 1.82) is 0 Å². The molecule has 1 aromatic heterocycles. The van der Waals surface area contributed by atoms with Gasteiger partial charge in [0.1, 0.15) is 11.5 Å². The highest BCUT2D eigenvalue weighted by Gasteiger charge is 2.18. The van der Waals surface area contributed by atoms with E-state index in [1.807, 2.05) is 6.92 Å². The quantitative estimate of drug-likeness (QED) is 0.902. The number of benzene rings is 1. The molecule has 0 fully saturated rings. The van der Waals surface area contributed by atoms with Crippen molar-refractivity contribution in [3.05, 3.63) is 41.3 Å². The number of halogens is 1. The number of aromatic nitrogens is 2. The topological polar surface area (TPSA) is 53.1 Å². The van der Waals surface area contributed by atoms with Gasteiger partial charge in [0.15, 0.2) is 0 Å². The molecule has 5 heteroatoms. The van der Waals surface area contributed by atoms with Crippen LogP contribution in [-0.2, 0) is 13.0 Å². The van der Waals surface area contributed by atoms with Crippen LogP contribution in [0.25, 0.3) is 5.69 Å². The van der Waals surface area contributed by atoms with Gasteiger partial charge in [-0.1, -0.05) is 19.1 Å². The molecule has 96 valence electrons. The fraction of sp³-hybridized carbons (Fsp3) is 0.308. The minimum absolute atomic E-state index is 0.320. The molecular weight excluding hydrogens is 233 g/mol. The van der Waals surface area contributed by atoms with E-state index in [2.05, 4.69) is 5.10 Å². The molecule has 0 aliphatic heterocycles. The van der Waals surface area contributed by atoms with E-state index in [4.69, 9.17) is 10.5 Å². The van der Waals surface area contributed by atoms with Crippen LogP contribution in [0.5, 0.6) is 5.88 Å². The van der Waals surface area contributed by atoms with Crippen molar-refractivity contribution in [3.63, 3.8) is 0 Å². The number of aryl methyl sites for hydroxylation is 1. The summed E-state index contributed by atoms with van der Waals surface area (Å²) in [4.78, 5) is 0. The summed E-state index contributed by atoms with van der Waals surface area (Å²) in [5.74, 6) is 0.156. The van der Waals surface area contributed by atoms with Crippen molar-refractivity contribution in [1.82, 2.24) is 9.78 Å². The number of ether oxygens (including phenoxy) is 1. The monoisotopic (exact) mass is 249 g/mol. The van der Waals surface area contributed by atoms with Crippen LogP contribution in [0, 0.1) is 5.82 Å². The van der Waals surface area contributed by atoms with E-state index in [0.717, 1.165) is 17.7 Å². The summed E-state index contributed by atoms with van der Waals surface area (Å²) >= 11 is 0. The summed E-state index contributed by atoms with van der Waals surface area (Å²) in [6.07, 6.45) is 0.727. The SMILES string of the molecule is CCc1nn(-c2ccccc2F)c(OC)c1CN. The largest absolute Gasteiger partial charge is 0.481 e. The molecule has 0 unspecified atom stereocenters. The summed E-state index contributed by atoms with van der Waals surface area (Å²) in [7, 11) is 1.53.